The van der Waals surface area contributed by atoms with Crippen molar-refractivity contribution in [2.45, 2.75) is 0 Å². The first-order valence-corrected chi connectivity index (χ1v) is 5.63. The summed E-state index contributed by atoms with van der Waals surface area (Å²) >= 11 is 8.77. The third kappa shape index (κ3) is 2.59. The molecule has 0 bridgehead atoms. The molecule has 17 heavy (non-hydrogen) atoms. The summed E-state index contributed by atoms with van der Waals surface area (Å²) in [6.45, 7) is 0. The molecule has 0 saturated heterocycles. The minimum atomic E-state index is -1.13. The van der Waals surface area contributed by atoms with Gasteiger partial charge in [-0.15, -0.1) is 0 Å². The van der Waals surface area contributed by atoms with E-state index < -0.39 is 5.97 Å². The molecule has 0 radical (unpaired) electrons. The molecule has 0 unspecified atom stereocenters. The number of rotatable bonds is 2. The SMILES string of the molecule is O=C(O)c1nc(-c2ccc(Cl)cn2)ncc1Br. The zero-order valence-corrected chi connectivity index (χ0v) is 10.6. The van der Waals surface area contributed by atoms with Crippen LogP contribution in [-0.2, 0) is 0 Å². The van der Waals surface area contributed by atoms with Crippen molar-refractivity contribution in [3.63, 3.8) is 0 Å². The van der Waals surface area contributed by atoms with Crippen LogP contribution in [0.3, 0.4) is 0 Å². The molecular formula is C10H5BrClN3O2. The van der Waals surface area contributed by atoms with E-state index in [-0.39, 0.29) is 11.5 Å². The average molecular weight is 315 g/mol. The van der Waals surface area contributed by atoms with Crippen molar-refractivity contribution in [2.24, 2.45) is 0 Å². The molecule has 0 atom stereocenters. The third-order valence-corrected chi connectivity index (χ3v) is 2.71. The number of carbonyl (C=O) groups is 1. The molecule has 0 aliphatic rings. The largest absolute Gasteiger partial charge is 0.476 e. The number of aromatic nitrogens is 3. The van der Waals surface area contributed by atoms with Gasteiger partial charge in [0, 0.05) is 12.4 Å². The maximum Gasteiger partial charge on any atom is 0.355 e. The molecule has 2 heterocycles. The van der Waals surface area contributed by atoms with Gasteiger partial charge in [-0.3, -0.25) is 4.98 Å². The summed E-state index contributed by atoms with van der Waals surface area (Å²) in [5.74, 6) is -0.892. The number of hydrogen-bond acceptors (Lipinski definition) is 4. The Morgan fingerprint density at radius 3 is 2.65 bits per heavy atom. The van der Waals surface area contributed by atoms with Gasteiger partial charge in [0.2, 0.25) is 0 Å². The Labute approximate surface area is 110 Å². The number of aromatic carboxylic acids is 1. The Balaban J connectivity index is 2.50. The number of hydrogen-bond donors (Lipinski definition) is 1. The standard InChI is InChI=1S/C10H5BrClN3O2/c11-6-4-14-9(15-8(6)10(16)17)7-2-1-5(12)3-13-7/h1-4H,(H,16,17). The summed E-state index contributed by atoms with van der Waals surface area (Å²) in [5.41, 5.74) is 0.358. The van der Waals surface area contributed by atoms with Crippen molar-refractivity contribution in [3.8, 4) is 11.5 Å². The van der Waals surface area contributed by atoms with E-state index in [2.05, 4.69) is 30.9 Å². The normalized spacial score (nSPS) is 10.2. The highest BCUT2D eigenvalue weighted by Gasteiger charge is 2.13. The monoisotopic (exact) mass is 313 g/mol. The summed E-state index contributed by atoms with van der Waals surface area (Å²) < 4.78 is 0.322. The minimum absolute atomic E-state index is 0.105. The molecule has 2 rings (SSSR count). The lowest BCUT2D eigenvalue weighted by atomic mass is 10.3. The molecule has 0 aromatic carbocycles. The molecule has 0 saturated carbocycles. The number of halogens is 2. The fourth-order valence-electron chi connectivity index (χ4n) is 1.15. The highest BCUT2D eigenvalue weighted by atomic mass is 79.9. The van der Waals surface area contributed by atoms with Gasteiger partial charge in [0.1, 0.15) is 5.69 Å². The smallest absolute Gasteiger partial charge is 0.355 e. The van der Waals surface area contributed by atoms with E-state index in [1.54, 1.807) is 12.1 Å². The van der Waals surface area contributed by atoms with Gasteiger partial charge in [0.25, 0.3) is 0 Å². The van der Waals surface area contributed by atoms with E-state index in [4.69, 9.17) is 16.7 Å². The minimum Gasteiger partial charge on any atom is -0.476 e. The molecule has 5 nitrogen and oxygen atoms in total. The quantitative estimate of drug-likeness (QED) is 0.922. The first kappa shape index (κ1) is 11.9. The van der Waals surface area contributed by atoms with Crippen LogP contribution in [0.5, 0.6) is 0 Å². The molecule has 0 aliphatic carbocycles. The number of carboxylic acid groups (broad SMARTS) is 1. The van der Waals surface area contributed by atoms with Crippen LogP contribution in [0.25, 0.3) is 11.5 Å². The molecule has 0 amide bonds. The Bertz CT molecular complexity index is 574. The average Bonchev–Trinajstić information content (AvgIpc) is 2.30. The first-order valence-electron chi connectivity index (χ1n) is 4.45. The lowest BCUT2D eigenvalue weighted by Crippen LogP contribution is -2.04. The molecule has 2 aromatic heterocycles. The van der Waals surface area contributed by atoms with Gasteiger partial charge in [0.15, 0.2) is 11.5 Å². The van der Waals surface area contributed by atoms with Crippen molar-refractivity contribution in [2.75, 3.05) is 0 Å². The van der Waals surface area contributed by atoms with Crippen LogP contribution < -0.4 is 0 Å². The Morgan fingerprint density at radius 2 is 2.06 bits per heavy atom. The van der Waals surface area contributed by atoms with Crippen molar-refractivity contribution in [3.05, 3.63) is 39.7 Å². The van der Waals surface area contributed by atoms with E-state index in [1.165, 1.54) is 12.4 Å². The van der Waals surface area contributed by atoms with Gasteiger partial charge in [-0.1, -0.05) is 11.6 Å². The van der Waals surface area contributed by atoms with Gasteiger partial charge in [-0.25, -0.2) is 14.8 Å². The number of nitrogens with zero attached hydrogens (tertiary/aromatic N) is 3. The number of pyridine rings is 1. The molecule has 2 aromatic rings. The zero-order chi connectivity index (χ0) is 12.4. The summed E-state index contributed by atoms with van der Waals surface area (Å²) in [6.07, 6.45) is 2.82. The predicted molar refractivity (Wildman–Crippen MR) is 64.9 cm³/mol. The molecule has 86 valence electrons. The second-order valence-electron chi connectivity index (χ2n) is 3.06. The third-order valence-electron chi connectivity index (χ3n) is 1.90. The van der Waals surface area contributed by atoms with Crippen LogP contribution in [0.15, 0.2) is 29.0 Å². The summed E-state index contributed by atoms with van der Waals surface area (Å²) in [5, 5.41) is 9.41. The molecule has 0 fully saturated rings. The van der Waals surface area contributed by atoms with Crippen molar-refractivity contribution in [1.82, 2.24) is 15.0 Å². The maximum atomic E-state index is 10.9. The van der Waals surface area contributed by atoms with Gasteiger partial charge in [0.05, 0.1) is 9.50 Å². The lowest BCUT2D eigenvalue weighted by molar-refractivity contribution is 0.0689. The highest BCUT2D eigenvalue weighted by molar-refractivity contribution is 9.10. The van der Waals surface area contributed by atoms with E-state index >= 15 is 0 Å². The van der Waals surface area contributed by atoms with Crippen molar-refractivity contribution in [1.29, 1.82) is 0 Å². The van der Waals surface area contributed by atoms with E-state index in [1.807, 2.05) is 0 Å². The summed E-state index contributed by atoms with van der Waals surface area (Å²) in [4.78, 5) is 22.8. The van der Waals surface area contributed by atoms with Crippen LogP contribution in [0, 0.1) is 0 Å². The van der Waals surface area contributed by atoms with Crippen LogP contribution in [-0.4, -0.2) is 26.0 Å². The second-order valence-corrected chi connectivity index (χ2v) is 4.35. The number of carboxylic acids is 1. The Morgan fingerprint density at radius 1 is 1.29 bits per heavy atom. The molecule has 0 spiro atoms. The van der Waals surface area contributed by atoms with Crippen molar-refractivity contribution >= 4 is 33.5 Å². The van der Waals surface area contributed by atoms with Crippen LogP contribution in [0.4, 0.5) is 0 Å². The van der Waals surface area contributed by atoms with Crippen LogP contribution in [0.2, 0.25) is 5.02 Å². The van der Waals surface area contributed by atoms with Crippen LogP contribution >= 0.6 is 27.5 Å². The van der Waals surface area contributed by atoms with Crippen LogP contribution in [0.1, 0.15) is 10.5 Å². The van der Waals surface area contributed by atoms with E-state index in [0.717, 1.165) is 0 Å². The molecule has 0 aliphatic heterocycles. The van der Waals surface area contributed by atoms with Gasteiger partial charge >= 0.3 is 5.97 Å². The Kier molecular flexibility index (Phi) is 3.35. The maximum absolute atomic E-state index is 10.9. The Hall–Kier alpha value is -1.53. The summed E-state index contributed by atoms with van der Waals surface area (Å²) in [6, 6.07) is 3.26. The first-order chi connectivity index (χ1) is 8.08. The predicted octanol–water partition coefficient (Wildman–Crippen LogP) is 2.65. The molecule has 1 N–H and O–H groups in total. The van der Waals surface area contributed by atoms with Gasteiger partial charge in [-0.2, -0.15) is 0 Å². The van der Waals surface area contributed by atoms with E-state index in [0.29, 0.717) is 15.2 Å². The zero-order valence-electron chi connectivity index (χ0n) is 8.26. The molecule has 7 heteroatoms. The highest BCUT2D eigenvalue weighted by Crippen LogP contribution is 2.19. The van der Waals surface area contributed by atoms with E-state index in [9.17, 15) is 4.79 Å². The van der Waals surface area contributed by atoms with Gasteiger partial charge < -0.3 is 5.11 Å². The lowest BCUT2D eigenvalue weighted by Gasteiger charge is -2.02. The van der Waals surface area contributed by atoms with Gasteiger partial charge in [-0.05, 0) is 28.1 Å². The molecular weight excluding hydrogens is 309 g/mol. The topological polar surface area (TPSA) is 76.0 Å². The summed E-state index contributed by atoms with van der Waals surface area (Å²) in [7, 11) is 0. The second kappa shape index (κ2) is 4.77. The fraction of sp³-hybridized carbons (Fsp3) is 0. The van der Waals surface area contributed by atoms with Crippen molar-refractivity contribution < 1.29 is 9.90 Å². The fourth-order valence-corrected chi connectivity index (χ4v) is 1.62.